The molecule has 7 heteroatoms. The number of nitrogens with one attached hydrogen (secondary N) is 1. The van der Waals surface area contributed by atoms with Crippen LogP contribution < -0.4 is 5.32 Å². The highest BCUT2D eigenvalue weighted by Crippen LogP contribution is 2.27. The lowest BCUT2D eigenvalue weighted by Gasteiger charge is -2.18. The van der Waals surface area contributed by atoms with E-state index in [0.717, 1.165) is 12.0 Å². The molecule has 0 fully saturated rings. The van der Waals surface area contributed by atoms with Crippen molar-refractivity contribution < 1.29 is 9.26 Å². The molecule has 0 aliphatic rings. The monoisotopic (exact) mass is 329 g/mol. The molecule has 2 rings (SSSR count). The lowest BCUT2D eigenvalue weighted by atomic mass is 10.0. The van der Waals surface area contributed by atoms with E-state index in [1.165, 1.54) is 0 Å². The van der Waals surface area contributed by atoms with Gasteiger partial charge in [0.2, 0.25) is 5.89 Å². The molecule has 0 saturated heterocycles. The molecule has 1 heterocycles. The van der Waals surface area contributed by atoms with Crippen LogP contribution >= 0.6 is 23.2 Å². The number of aromatic nitrogens is 2. The zero-order chi connectivity index (χ0) is 15.2. The highest BCUT2D eigenvalue weighted by atomic mass is 35.5. The number of benzene rings is 1. The number of nitrogens with zero attached hydrogens (tertiary/aromatic N) is 2. The quantitative estimate of drug-likeness (QED) is 0.841. The van der Waals surface area contributed by atoms with E-state index in [4.69, 9.17) is 32.5 Å². The maximum Gasteiger partial charge on any atom is 0.223 e. The second-order valence-electron chi connectivity index (χ2n) is 4.62. The molecule has 0 bridgehead atoms. The Bertz CT molecular complexity index is 589. The topological polar surface area (TPSA) is 60.2 Å². The van der Waals surface area contributed by atoms with Crippen LogP contribution in [0.25, 0.3) is 0 Å². The second-order valence-corrected chi connectivity index (χ2v) is 5.43. The van der Waals surface area contributed by atoms with Crippen molar-refractivity contribution in [2.75, 3.05) is 13.7 Å². The largest absolute Gasteiger partial charge is 0.385 e. The zero-order valence-corrected chi connectivity index (χ0v) is 13.4. The molecule has 1 atom stereocenters. The summed E-state index contributed by atoms with van der Waals surface area (Å²) in [6.07, 6.45) is 0.797. The van der Waals surface area contributed by atoms with Gasteiger partial charge in [0.1, 0.15) is 0 Å². The Balaban J connectivity index is 2.07. The van der Waals surface area contributed by atoms with Crippen LogP contribution in [0.5, 0.6) is 0 Å². The van der Waals surface area contributed by atoms with Gasteiger partial charge in [0.25, 0.3) is 0 Å². The molecule has 0 saturated carbocycles. The first-order chi connectivity index (χ1) is 10.1. The Kier molecular flexibility index (Phi) is 5.99. The van der Waals surface area contributed by atoms with Crippen molar-refractivity contribution in [1.82, 2.24) is 15.5 Å². The number of halogens is 2. The number of hydrogen-bond acceptors (Lipinski definition) is 5. The fraction of sp³-hybridized carbons (Fsp3) is 0.429. The predicted molar refractivity (Wildman–Crippen MR) is 81.6 cm³/mol. The number of aryl methyl sites for hydroxylation is 1. The average Bonchev–Trinajstić information content (AvgIpc) is 2.88. The van der Waals surface area contributed by atoms with Crippen LogP contribution in [0.4, 0.5) is 0 Å². The lowest BCUT2D eigenvalue weighted by molar-refractivity contribution is 0.182. The minimum atomic E-state index is 0.0681. The highest BCUT2D eigenvalue weighted by molar-refractivity contribution is 6.42. The molecule has 5 nitrogen and oxygen atoms in total. The van der Waals surface area contributed by atoms with E-state index in [1.807, 2.05) is 12.1 Å². The van der Waals surface area contributed by atoms with Crippen molar-refractivity contribution >= 4 is 23.2 Å². The van der Waals surface area contributed by atoms with E-state index in [-0.39, 0.29) is 6.04 Å². The summed E-state index contributed by atoms with van der Waals surface area (Å²) in [6.45, 7) is 2.90. The molecule has 0 spiro atoms. The first-order valence-electron chi connectivity index (χ1n) is 6.56. The van der Waals surface area contributed by atoms with Gasteiger partial charge < -0.3 is 14.6 Å². The van der Waals surface area contributed by atoms with Gasteiger partial charge in [-0.05, 0) is 24.1 Å². The standard InChI is InChI=1S/C14H17Cl2N3O2/c1-9-18-14(19-21-9)8-17-13(5-6-20-2)10-3-4-11(15)12(16)7-10/h3-4,7,13,17H,5-6,8H2,1-2H3. The van der Waals surface area contributed by atoms with Crippen LogP contribution in [0.15, 0.2) is 22.7 Å². The summed E-state index contributed by atoms with van der Waals surface area (Å²) in [5, 5.41) is 8.32. The molecule has 0 aliphatic carbocycles. The van der Waals surface area contributed by atoms with Crippen LogP contribution in [0, 0.1) is 6.92 Å². The van der Waals surface area contributed by atoms with Crippen LogP contribution in [0.3, 0.4) is 0 Å². The van der Waals surface area contributed by atoms with Gasteiger partial charge in [0.15, 0.2) is 5.82 Å². The van der Waals surface area contributed by atoms with Crippen molar-refractivity contribution in [3.8, 4) is 0 Å². The first-order valence-corrected chi connectivity index (χ1v) is 7.32. The third-order valence-corrected chi connectivity index (χ3v) is 3.77. The van der Waals surface area contributed by atoms with Crippen molar-refractivity contribution in [3.05, 3.63) is 45.5 Å². The maximum atomic E-state index is 6.08. The SMILES string of the molecule is COCCC(NCc1noc(C)n1)c1ccc(Cl)c(Cl)c1. The van der Waals surface area contributed by atoms with E-state index in [0.29, 0.717) is 34.9 Å². The molecule has 0 radical (unpaired) electrons. The van der Waals surface area contributed by atoms with Crippen molar-refractivity contribution in [1.29, 1.82) is 0 Å². The molecule has 114 valence electrons. The number of ether oxygens (including phenoxy) is 1. The van der Waals surface area contributed by atoms with Gasteiger partial charge in [-0.1, -0.05) is 34.4 Å². The van der Waals surface area contributed by atoms with Crippen LogP contribution in [0.2, 0.25) is 10.0 Å². The van der Waals surface area contributed by atoms with Gasteiger partial charge in [0, 0.05) is 26.7 Å². The Morgan fingerprint density at radius 2 is 2.14 bits per heavy atom. The molecule has 21 heavy (non-hydrogen) atoms. The van der Waals surface area contributed by atoms with Gasteiger partial charge in [-0.2, -0.15) is 4.98 Å². The third kappa shape index (κ3) is 4.68. The Morgan fingerprint density at radius 3 is 2.76 bits per heavy atom. The van der Waals surface area contributed by atoms with E-state index in [2.05, 4.69) is 15.5 Å². The van der Waals surface area contributed by atoms with Crippen LogP contribution in [-0.2, 0) is 11.3 Å². The van der Waals surface area contributed by atoms with Crippen molar-refractivity contribution in [2.24, 2.45) is 0 Å². The smallest absolute Gasteiger partial charge is 0.223 e. The highest BCUT2D eigenvalue weighted by Gasteiger charge is 2.14. The maximum absolute atomic E-state index is 6.08. The molecule has 1 unspecified atom stereocenters. The first kappa shape index (κ1) is 16.2. The van der Waals surface area contributed by atoms with Gasteiger partial charge >= 0.3 is 0 Å². The molecule has 1 aromatic heterocycles. The summed E-state index contributed by atoms with van der Waals surface area (Å²) in [5.74, 6) is 1.17. The molecule has 2 aromatic rings. The molecular weight excluding hydrogens is 313 g/mol. The van der Waals surface area contributed by atoms with E-state index >= 15 is 0 Å². The van der Waals surface area contributed by atoms with Gasteiger partial charge in [0.05, 0.1) is 16.6 Å². The van der Waals surface area contributed by atoms with Gasteiger partial charge in [-0.25, -0.2) is 0 Å². The summed E-state index contributed by atoms with van der Waals surface area (Å²) in [4.78, 5) is 4.17. The van der Waals surface area contributed by atoms with Gasteiger partial charge in [-0.3, -0.25) is 0 Å². The van der Waals surface area contributed by atoms with Crippen LogP contribution in [0.1, 0.15) is 29.7 Å². The summed E-state index contributed by atoms with van der Waals surface area (Å²) < 4.78 is 10.1. The Hall–Kier alpha value is -1.14. The molecule has 1 N–H and O–H groups in total. The van der Waals surface area contributed by atoms with Crippen molar-refractivity contribution in [3.63, 3.8) is 0 Å². The zero-order valence-electron chi connectivity index (χ0n) is 11.9. The summed E-state index contributed by atoms with van der Waals surface area (Å²) in [7, 11) is 1.68. The van der Waals surface area contributed by atoms with E-state index < -0.39 is 0 Å². The Labute approximate surface area is 133 Å². The van der Waals surface area contributed by atoms with Gasteiger partial charge in [-0.15, -0.1) is 0 Å². The summed E-state index contributed by atoms with van der Waals surface area (Å²) >= 11 is 12.0. The molecule has 0 amide bonds. The number of methoxy groups -OCH3 is 1. The predicted octanol–water partition coefficient (Wildman–Crippen LogP) is 3.55. The molecule has 1 aromatic carbocycles. The number of hydrogen-bond donors (Lipinski definition) is 1. The van der Waals surface area contributed by atoms with E-state index in [1.54, 1.807) is 20.1 Å². The normalized spacial score (nSPS) is 12.6. The lowest BCUT2D eigenvalue weighted by Crippen LogP contribution is -2.23. The van der Waals surface area contributed by atoms with Crippen molar-refractivity contribution in [2.45, 2.75) is 25.9 Å². The van der Waals surface area contributed by atoms with Crippen LogP contribution in [-0.4, -0.2) is 23.9 Å². The Morgan fingerprint density at radius 1 is 1.33 bits per heavy atom. The molecule has 0 aliphatic heterocycles. The average molecular weight is 330 g/mol. The number of rotatable bonds is 7. The second kappa shape index (κ2) is 7.75. The summed E-state index contributed by atoms with van der Waals surface area (Å²) in [5.41, 5.74) is 1.04. The molecular formula is C14H17Cl2N3O2. The summed E-state index contributed by atoms with van der Waals surface area (Å²) in [6, 6.07) is 5.67. The minimum Gasteiger partial charge on any atom is -0.385 e. The van der Waals surface area contributed by atoms with E-state index in [9.17, 15) is 0 Å². The fourth-order valence-electron chi connectivity index (χ4n) is 1.98. The third-order valence-electron chi connectivity index (χ3n) is 3.03. The fourth-order valence-corrected chi connectivity index (χ4v) is 2.29. The minimum absolute atomic E-state index is 0.0681.